The molecule has 1 heteroatoms. The maximum atomic E-state index is 3.77. The lowest BCUT2D eigenvalue weighted by Crippen LogP contribution is -2.45. The Morgan fingerprint density at radius 2 is 1.44 bits per heavy atom. The highest BCUT2D eigenvalue weighted by molar-refractivity contribution is 4.88. The molecule has 0 amide bonds. The third-order valence-electron chi connectivity index (χ3n) is 4.31. The van der Waals surface area contributed by atoms with Crippen LogP contribution in [-0.2, 0) is 0 Å². The Balaban J connectivity index is 2.57. The van der Waals surface area contributed by atoms with E-state index < -0.39 is 0 Å². The van der Waals surface area contributed by atoms with Gasteiger partial charge in [0.05, 0.1) is 0 Å². The standard InChI is InChI=1S/C17H35N/c1-15(2,3)12-13-17(10-8-7-9-11-17)14-18-16(4,5)6/h18H,7-14H2,1-6H3. The van der Waals surface area contributed by atoms with Crippen molar-refractivity contribution in [2.24, 2.45) is 10.8 Å². The Labute approximate surface area is 115 Å². The molecule has 1 fully saturated rings. The molecule has 0 aromatic heterocycles. The second kappa shape index (κ2) is 5.94. The van der Waals surface area contributed by atoms with Gasteiger partial charge in [0.15, 0.2) is 0 Å². The smallest absolute Gasteiger partial charge is 0.00967 e. The van der Waals surface area contributed by atoms with Crippen LogP contribution in [0.15, 0.2) is 0 Å². The zero-order valence-electron chi connectivity index (χ0n) is 13.7. The van der Waals surface area contributed by atoms with Crippen molar-refractivity contribution in [3.63, 3.8) is 0 Å². The van der Waals surface area contributed by atoms with Crippen LogP contribution in [0.1, 0.15) is 86.5 Å². The molecule has 0 aromatic carbocycles. The van der Waals surface area contributed by atoms with Crippen LogP contribution in [0.25, 0.3) is 0 Å². The zero-order chi connectivity index (χ0) is 13.9. The number of rotatable bonds is 4. The van der Waals surface area contributed by atoms with Crippen LogP contribution in [0, 0.1) is 10.8 Å². The highest BCUT2D eigenvalue weighted by Crippen LogP contribution is 2.42. The van der Waals surface area contributed by atoms with E-state index in [4.69, 9.17) is 0 Å². The van der Waals surface area contributed by atoms with E-state index in [0.717, 1.165) is 0 Å². The lowest BCUT2D eigenvalue weighted by atomic mass is 9.68. The molecule has 1 nitrogen and oxygen atoms in total. The van der Waals surface area contributed by atoms with Crippen LogP contribution in [0.5, 0.6) is 0 Å². The first-order valence-corrected chi connectivity index (χ1v) is 7.87. The van der Waals surface area contributed by atoms with E-state index in [1.54, 1.807) is 0 Å². The monoisotopic (exact) mass is 253 g/mol. The molecule has 0 bridgehead atoms. The maximum absolute atomic E-state index is 3.77. The fraction of sp³-hybridized carbons (Fsp3) is 1.00. The molecule has 0 saturated heterocycles. The molecule has 0 heterocycles. The van der Waals surface area contributed by atoms with Gasteiger partial charge in [0.1, 0.15) is 0 Å². The van der Waals surface area contributed by atoms with Crippen LogP contribution >= 0.6 is 0 Å². The van der Waals surface area contributed by atoms with Crippen LogP contribution in [0.3, 0.4) is 0 Å². The van der Waals surface area contributed by atoms with Gasteiger partial charge in [-0.2, -0.15) is 0 Å². The van der Waals surface area contributed by atoms with Gasteiger partial charge in [-0.1, -0.05) is 40.0 Å². The van der Waals surface area contributed by atoms with Crippen molar-refractivity contribution in [3.05, 3.63) is 0 Å². The molecule has 1 saturated carbocycles. The largest absolute Gasteiger partial charge is 0.312 e. The van der Waals surface area contributed by atoms with Crippen LogP contribution in [-0.4, -0.2) is 12.1 Å². The Kier molecular flexibility index (Phi) is 5.29. The van der Waals surface area contributed by atoms with E-state index in [2.05, 4.69) is 46.9 Å². The molecule has 18 heavy (non-hydrogen) atoms. The summed E-state index contributed by atoms with van der Waals surface area (Å²) in [6.07, 6.45) is 9.97. The Morgan fingerprint density at radius 3 is 1.89 bits per heavy atom. The first-order chi connectivity index (χ1) is 8.12. The lowest BCUT2D eigenvalue weighted by molar-refractivity contribution is 0.131. The molecule has 0 aliphatic heterocycles. The van der Waals surface area contributed by atoms with E-state index in [1.165, 1.54) is 51.5 Å². The summed E-state index contributed by atoms with van der Waals surface area (Å²) in [6, 6.07) is 0. The van der Waals surface area contributed by atoms with Crippen molar-refractivity contribution in [2.45, 2.75) is 92.0 Å². The van der Waals surface area contributed by atoms with E-state index >= 15 is 0 Å². The molecule has 1 N–H and O–H groups in total. The summed E-state index contributed by atoms with van der Waals surface area (Å²) in [4.78, 5) is 0. The quantitative estimate of drug-likeness (QED) is 0.730. The summed E-state index contributed by atoms with van der Waals surface area (Å²) in [6.45, 7) is 15.2. The second-order valence-electron chi connectivity index (χ2n) is 8.72. The summed E-state index contributed by atoms with van der Waals surface area (Å²) in [5, 5.41) is 3.77. The van der Waals surface area contributed by atoms with Crippen LogP contribution in [0.4, 0.5) is 0 Å². The molecule has 1 rings (SSSR count). The summed E-state index contributed by atoms with van der Waals surface area (Å²) >= 11 is 0. The number of nitrogens with one attached hydrogen (secondary N) is 1. The topological polar surface area (TPSA) is 12.0 Å². The van der Waals surface area contributed by atoms with E-state index in [-0.39, 0.29) is 5.54 Å². The van der Waals surface area contributed by atoms with Gasteiger partial charge in [-0.15, -0.1) is 0 Å². The van der Waals surface area contributed by atoms with Crippen molar-refractivity contribution in [3.8, 4) is 0 Å². The van der Waals surface area contributed by atoms with Gasteiger partial charge in [0, 0.05) is 12.1 Å². The number of hydrogen-bond donors (Lipinski definition) is 1. The fourth-order valence-electron chi connectivity index (χ4n) is 2.91. The number of hydrogen-bond acceptors (Lipinski definition) is 1. The molecule has 0 atom stereocenters. The van der Waals surface area contributed by atoms with E-state index in [9.17, 15) is 0 Å². The summed E-state index contributed by atoms with van der Waals surface area (Å²) < 4.78 is 0. The van der Waals surface area contributed by atoms with Crippen LogP contribution < -0.4 is 5.32 Å². The van der Waals surface area contributed by atoms with Gasteiger partial charge in [-0.05, 0) is 57.3 Å². The van der Waals surface area contributed by atoms with Gasteiger partial charge in [-0.3, -0.25) is 0 Å². The van der Waals surface area contributed by atoms with Gasteiger partial charge in [0.25, 0.3) is 0 Å². The average Bonchev–Trinajstić information content (AvgIpc) is 2.24. The first kappa shape index (κ1) is 16.0. The molecule has 1 aliphatic carbocycles. The Hall–Kier alpha value is -0.0400. The summed E-state index contributed by atoms with van der Waals surface area (Å²) in [5.74, 6) is 0. The predicted molar refractivity (Wildman–Crippen MR) is 82.0 cm³/mol. The van der Waals surface area contributed by atoms with Gasteiger partial charge in [-0.25, -0.2) is 0 Å². The molecule has 0 aromatic rings. The normalized spacial score (nSPS) is 21.0. The van der Waals surface area contributed by atoms with Crippen molar-refractivity contribution >= 4 is 0 Å². The van der Waals surface area contributed by atoms with Gasteiger partial charge >= 0.3 is 0 Å². The lowest BCUT2D eigenvalue weighted by Gasteiger charge is -2.41. The minimum atomic E-state index is 0.256. The third kappa shape index (κ3) is 6.22. The SMILES string of the molecule is CC(C)(C)CCC1(CNC(C)(C)C)CCCCC1. The van der Waals surface area contributed by atoms with Gasteiger partial charge in [0.2, 0.25) is 0 Å². The summed E-state index contributed by atoms with van der Waals surface area (Å²) in [7, 11) is 0. The fourth-order valence-corrected chi connectivity index (χ4v) is 2.91. The Morgan fingerprint density at radius 1 is 0.889 bits per heavy atom. The minimum absolute atomic E-state index is 0.256. The molecule has 0 spiro atoms. The van der Waals surface area contributed by atoms with Gasteiger partial charge < -0.3 is 5.32 Å². The van der Waals surface area contributed by atoms with Crippen molar-refractivity contribution < 1.29 is 0 Å². The molecule has 0 unspecified atom stereocenters. The summed E-state index contributed by atoms with van der Waals surface area (Å²) in [5.41, 5.74) is 1.32. The minimum Gasteiger partial charge on any atom is -0.312 e. The van der Waals surface area contributed by atoms with Crippen molar-refractivity contribution in [1.82, 2.24) is 5.32 Å². The molecular formula is C17H35N. The molecular weight excluding hydrogens is 218 g/mol. The average molecular weight is 253 g/mol. The van der Waals surface area contributed by atoms with Crippen molar-refractivity contribution in [1.29, 1.82) is 0 Å². The Bertz CT molecular complexity index is 215. The van der Waals surface area contributed by atoms with Crippen LogP contribution in [0.2, 0.25) is 0 Å². The predicted octanol–water partition coefficient (Wildman–Crippen LogP) is 5.15. The third-order valence-corrected chi connectivity index (χ3v) is 4.31. The highest BCUT2D eigenvalue weighted by atomic mass is 15.0. The van der Waals surface area contributed by atoms with Crippen molar-refractivity contribution in [2.75, 3.05) is 6.54 Å². The molecule has 1 aliphatic rings. The first-order valence-electron chi connectivity index (χ1n) is 7.87. The highest BCUT2D eigenvalue weighted by Gasteiger charge is 2.33. The van der Waals surface area contributed by atoms with E-state index in [1.807, 2.05) is 0 Å². The zero-order valence-corrected chi connectivity index (χ0v) is 13.7. The maximum Gasteiger partial charge on any atom is 0.00967 e. The molecule has 0 radical (unpaired) electrons. The van der Waals surface area contributed by atoms with E-state index in [0.29, 0.717) is 10.8 Å². The molecule has 108 valence electrons. The second-order valence-corrected chi connectivity index (χ2v) is 8.72.